The number of halogens is 5. The molecule has 8 nitrogen and oxygen atoms in total. The van der Waals surface area contributed by atoms with Gasteiger partial charge in [0, 0.05) is 18.8 Å². The second-order valence-electron chi connectivity index (χ2n) is 13.8. The van der Waals surface area contributed by atoms with Crippen LogP contribution in [0.1, 0.15) is 56.5 Å². The Kier molecular flexibility index (Phi) is 11.7. The molecule has 52 heavy (non-hydrogen) atoms. The number of anilines is 2. The van der Waals surface area contributed by atoms with E-state index in [0.29, 0.717) is 24.9 Å². The molecule has 3 amide bonds. The van der Waals surface area contributed by atoms with Gasteiger partial charge in [-0.25, -0.2) is 14.2 Å². The van der Waals surface area contributed by atoms with Gasteiger partial charge in [0.25, 0.3) is 14.2 Å². The molecule has 2 atom stereocenters. The minimum absolute atomic E-state index is 0.0667. The zero-order valence-corrected chi connectivity index (χ0v) is 31.2. The van der Waals surface area contributed by atoms with E-state index in [2.05, 4.69) is 60.7 Å². The van der Waals surface area contributed by atoms with Crippen LogP contribution >= 0.6 is 11.6 Å². The van der Waals surface area contributed by atoms with Crippen molar-refractivity contribution in [3.63, 3.8) is 0 Å². The third-order valence-electron chi connectivity index (χ3n) is 9.22. The highest BCUT2D eigenvalue weighted by Gasteiger charge is 2.51. The number of nitrogens with one attached hydrogen (secondary N) is 2. The Morgan fingerprint density at radius 3 is 2.17 bits per heavy atom. The van der Waals surface area contributed by atoms with Gasteiger partial charge in [-0.05, 0) is 59.8 Å². The first kappa shape index (κ1) is 38.8. The van der Waals surface area contributed by atoms with E-state index in [0.717, 1.165) is 29.4 Å². The summed E-state index contributed by atoms with van der Waals surface area (Å²) in [4.78, 5) is 32.5. The van der Waals surface area contributed by atoms with Crippen LogP contribution in [0.4, 0.5) is 33.7 Å². The first-order valence-corrected chi connectivity index (χ1v) is 19.1. The summed E-state index contributed by atoms with van der Waals surface area (Å²) >= 11 is 6.13. The molecule has 0 unspecified atom stereocenters. The maximum Gasteiger partial charge on any atom is 0.425 e. The van der Waals surface area contributed by atoms with Crippen LogP contribution in [0.3, 0.4) is 0 Å². The van der Waals surface area contributed by atoms with E-state index in [1.165, 1.54) is 6.20 Å². The Labute approximate surface area is 306 Å². The van der Waals surface area contributed by atoms with Gasteiger partial charge in [0.05, 0.1) is 29.6 Å². The average Bonchev–Trinajstić information content (AvgIpc) is 3.57. The lowest BCUT2D eigenvalue weighted by Crippen LogP contribution is -2.67. The van der Waals surface area contributed by atoms with Crippen LogP contribution in [0.15, 0.2) is 85.1 Å². The highest BCUT2D eigenvalue weighted by atomic mass is 35.5. The number of alkyl halides is 3. The van der Waals surface area contributed by atoms with Crippen molar-refractivity contribution in [2.75, 3.05) is 23.8 Å². The summed E-state index contributed by atoms with van der Waals surface area (Å²) in [6.45, 7) is 9.39. The van der Waals surface area contributed by atoms with Gasteiger partial charge in [-0.15, -0.1) is 0 Å². The summed E-state index contributed by atoms with van der Waals surface area (Å²) in [6.07, 6.45) is -4.46. The first-order chi connectivity index (χ1) is 24.5. The van der Waals surface area contributed by atoms with E-state index in [1.807, 2.05) is 36.4 Å². The maximum absolute atomic E-state index is 15.7. The van der Waals surface area contributed by atoms with Crippen LogP contribution in [0.25, 0.3) is 0 Å². The van der Waals surface area contributed by atoms with Crippen molar-refractivity contribution < 1.29 is 36.3 Å². The van der Waals surface area contributed by atoms with Gasteiger partial charge in [-0.2, -0.15) is 13.2 Å². The molecular formula is C38H41ClF4N4O4Si. The summed E-state index contributed by atoms with van der Waals surface area (Å²) in [5.41, 5.74) is -0.381. The molecule has 1 fully saturated rings. The van der Waals surface area contributed by atoms with Crippen LogP contribution in [-0.4, -0.2) is 61.6 Å². The van der Waals surface area contributed by atoms with Crippen molar-refractivity contribution in [2.45, 2.75) is 70.8 Å². The topological polar surface area (TPSA) is 92.8 Å². The Morgan fingerprint density at radius 1 is 1.00 bits per heavy atom. The zero-order valence-electron chi connectivity index (χ0n) is 29.5. The number of pyridine rings is 1. The molecule has 276 valence electrons. The summed E-state index contributed by atoms with van der Waals surface area (Å²) in [5, 5.41) is 6.77. The smallest absolute Gasteiger partial charge is 0.425 e. The predicted molar refractivity (Wildman–Crippen MR) is 197 cm³/mol. The summed E-state index contributed by atoms with van der Waals surface area (Å²) in [5.74, 6) is -2.64. The van der Waals surface area contributed by atoms with Crippen molar-refractivity contribution in [3.8, 4) is 5.75 Å². The molecule has 0 bridgehead atoms. The molecule has 0 saturated carbocycles. The van der Waals surface area contributed by atoms with Crippen molar-refractivity contribution in [3.05, 3.63) is 107 Å². The molecule has 2 N–H and O–H groups in total. The molecule has 0 radical (unpaired) electrons. The summed E-state index contributed by atoms with van der Waals surface area (Å²) in [7, 11) is -2.93. The van der Waals surface area contributed by atoms with Crippen LogP contribution in [0.5, 0.6) is 5.75 Å². The number of urea groups is 1. The second kappa shape index (κ2) is 15.6. The standard InChI is InChI=1S/C38H41ClF4N4O4Si/c1-24-18-19-44-34(39)33(24)46-35(48)29-21-30(40)31(22-32(29)51-25(2)38(41,42)43)45-36(49)47-20-12-13-26(47)23-50-52(37(3,4)5,27-14-8-6-9-15-27)28-16-10-7-11-17-28/h6-11,14-19,21-22,25-26H,12-13,20,23H2,1-5H3,(H,45,49)(H,46,48)/t25-,26+/m0/s1. The SMILES string of the molecule is Cc1ccnc(Cl)c1NC(=O)c1cc(F)c(NC(=O)N2CCC[C@@H]2CO[Si](c2ccccc2)(c2ccccc2)C(C)(C)C)cc1O[C@@H](C)C(F)(F)F. The quantitative estimate of drug-likeness (QED) is 0.0965. The lowest BCUT2D eigenvalue weighted by molar-refractivity contribution is -0.189. The number of nitrogens with zero attached hydrogens (tertiary/aromatic N) is 2. The third-order valence-corrected chi connectivity index (χ3v) is 14.5. The molecule has 0 spiro atoms. The minimum atomic E-state index is -4.80. The van der Waals surface area contributed by atoms with Crippen LogP contribution in [0, 0.1) is 12.7 Å². The van der Waals surface area contributed by atoms with Crippen LogP contribution < -0.4 is 25.7 Å². The molecule has 4 aromatic rings. The van der Waals surface area contributed by atoms with Gasteiger partial charge >= 0.3 is 12.2 Å². The number of hydrogen-bond acceptors (Lipinski definition) is 5. The van der Waals surface area contributed by atoms with Crippen LogP contribution in [-0.2, 0) is 4.43 Å². The number of hydrogen-bond donors (Lipinski definition) is 2. The van der Waals surface area contributed by atoms with Gasteiger partial charge in [-0.3, -0.25) is 4.79 Å². The maximum atomic E-state index is 15.7. The number of ether oxygens (including phenoxy) is 1. The second-order valence-corrected chi connectivity index (χ2v) is 18.4. The largest absolute Gasteiger partial charge is 0.480 e. The zero-order chi connectivity index (χ0) is 37.8. The molecule has 5 rings (SSSR count). The monoisotopic (exact) mass is 756 g/mol. The van der Waals surface area contributed by atoms with Gasteiger partial charge in [0.2, 0.25) is 0 Å². The first-order valence-electron chi connectivity index (χ1n) is 16.8. The van der Waals surface area contributed by atoms with Crippen molar-refractivity contribution >= 4 is 53.6 Å². The molecule has 1 aliphatic rings. The number of carbonyl (C=O) groups excluding carboxylic acids is 2. The Balaban J connectivity index is 1.42. The number of aromatic nitrogens is 1. The molecule has 14 heteroatoms. The number of carbonyl (C=O) groups is 2. The molecule has 1 aliphatic heterocycles. The summed E-state index contributed by atoms with van der Waals surface area (Å²) < 4.78 is 68.7. The number of rotatable bonds is 10. The van der Waals surface area contributed by atoms with Crippen LogP contribution in [0.2, 0.25) is 10.2 Å². The molecule has 3 aromatic carbocycles. The van der Waals surface area contributed by atoms with Gasteiger partial charge in [-0.1, -0.05) is 93.0 Å². The van der Waals surface area contributed by atoms with E-state index in [1.54, 1.807) is 17.9 Å². The fourth-order valence-corrected chi connectivity index (χ4v) is 11.3. The molecule has 0 aliphatic carbocycles. The molecule has 1 saturated heterocycles. The Morgan fingerprint density at radius 2 is 1.62 bits per heavy atom. The third kappa shape index (κ3) is 8.27. The van der Waals surface area contributed by atoms with Gasteiger partial charge in [0.1, 0.15) is 11.6 Å². The highest BCUT2D eigenvalue weighted by molar-refractivity contribution is 6.99. The van der Waals surface area contributed by atoms with Gasteiger partial charge < -0.3 is 24.7 Å². The van der Waals surface area contributed by atoms with E-state index in [-0.39, 0.29) is 28.5 Å². The number of amides is 3. The lowest BCUT2D eigenvalue weighted by atomic mass is 10.1. The van der Waals surface area contributed by atoms with Crippen molar-refractivity contribution in [1.82, 2.24) is 9.88 Å². The fourth-order valence-electron chi connectivity index (χ4n) is 6.48. The predicted octanol–water partition coefficient (Wildman–Crippen LogP) is 8.34. The minimum Gasteiger partial charge on any atom is -0.480 e. The normalized spacial score (nSPS) is 15.7. The van der Waals surface area contributed by atoms with E-state index < -0.39 is 55.4 Å². The van der Waals surface area contributed by atoms with E-state index in [9.17, 15) is 22.8 Å². The highest BCUT2D eigenvalue weighted by Crippen LogP contribution is 2.38. The molecular weight excluding hydrogens is 716 g/mol. The number of benzene rings is 3. The van der Waals surface area contributed by atoms with E-state index >= 15 is 4.39 Å². The molecule has 1 aromatic heterocycles. The molecule has 2 heterocycles. The average molecular weight is 757 g/mol. The Bertz CT molecular complexity index is 1830. The number of likely N-dealkylation sites (tertiary alicyclic amines) is 1. The van der Waals surface area contributed by atoms with Gasteiger partial charge in [0.15, 0.2) is 11.3 Å². The number of aryl methyl sites for hydroxylation is 1. The lowest BCUT2D eigenvalue weighted by Gasteiger charge is -2.44. The van der Waals surface area contributed by atoms with E-state index in [4.69, 9.17) is 20.8 Å². The fraction of sp³-hybridized carbons (Fsp3) is 0.342. The van der Waals surface area contributed by atoms with Crippen molar-refractivity contribution in [2.24, 2.45) is 0 Å². The Hall–Kier alpha value is -4.46. The summed E-state index contributed by atoms with van der Waals surface area (Å²) in [6, 6.07) is 22.2. The van der Waals surface area contributed by atoms with Crippen molar-refractivity contribution in [1.29, 1.82) is 0 Å².